The Labute approximate surface area is 36.6 Å². The van der Waals surface area contributed by atoms with Gasteiger partial charge in [0.05, 0.1) is 0 Å². The van der Waals surface area contributed by atoms with E-state index in [9.17, 15) is 4.79 Å². The Morgan fingerprint density at radius 3 is 2.00 bits per heavy atom. The standard InChI is InChI=1S/C3H6O2.He/c1-2-3(4)5;/h2H2,1H3,(H,4,5);. The molecule has 3 heteroatoms. The molecule has 2 nitrogen and oxygen atoms in total. The molecule has 0 aliphatic carbocycles. The zero-order valence-electron chi connectivity index (χ0n) is 3.77. The first kappa shape index (κ1) is 9.03. The van der Waals surface area contributed by atoms with Crippen molar-refractivity contribution in [3.63, 3.8) is 0 Å². The normalized spacial score (nSPS) is 6.17. The third-order valence-electron chi connectivity index (χ3n) is 0.302. The van der Waals surface area contributed by atoms with Crippen LogP contribution < -0.4 is 0 Å². The van der Waals surface area contributed by atoms with Gasteiger partial charge in [0.1, 0.15) is 0 Å². The molecule has 0 heterocycles. The number of hydrogen-bond donors (Lipinski definition) is 1. The van der Waals surface area contributed by atoms with Crippen molar-refractivity contribution in [3.05, 3.63) is 0 Å². The van der Waals surface area contributed by atoms with Gasteiger partial charge in [0, 0.05) is 12.6 Å². The van der Waals surface area contributed by atoms with Crippen LogP contribution in [0.15, 0.2) is 0 Å². The van der Waals surface area contributed by atoms with Crippen LogP contribution in [0.5, 0.6) is 0 Å². The van der Waals surface area contributed by atoms with Gasteiger partial charge in [-0.2, -0.15) is 0 Å². The fourth-order valence-electron chi connectivity index (χ4n) is 0. The smallest absolute Gasteiger partial charge is 0.303 e. The Morgan fingerprint density at radius 1 is 1.83 bits per heavy atom. The van der Waals surface area contributed by atoms with Crippen LogP contribution in [0.2, 0.25) is 0 Å². The molecule has 6 heavy (non-hydrogen) atoms. The molecule has 0 bridgehead atoms. The molecule has 0 atom stereocenters. The number of hydrogen-bond acceptors (Lipinski definition) is 1. The van der Waals surface area contributed by atoms with E-state index in [1.54, 1.807) is 6.92 Å². The van der Waals surface area contributed by atoms with E-state index < -0.39 is 5.97 Å². The Kier molecular flexibility index (Phi) is 6.59. The average molecular weight is 78.1 g/mol. The van der Waals surface area contributed by atoms with Gasteiger partial charge in [0.25, 0.3) is 0 Å². The summed E-state index contributed by atoms with van der Waals surface area (Å²) in [6.07, 6.45) is 0.222. The molecule has 0 aliphatic heterocycles. The summed E-state index contributed by atoms with van der Waals surface area (Å²) >= 11 is 0. The first-order chi connectivity index (χ1) is 2.27. The largest absolute Gasteiger partial charge is 0.481 e. The third kappa shape index (κ3) is 10.1. The van der Waals surface area contributed by atoms with Gasteiger partial charge in [0.2, 0.25) is 0 Å². The maximum Gasteiger partial charge on any atom is 0.303 e. The zero-order valence-corrected chi connectivity index (χ0v) is 3.77. The van der Waals surface area contributed by atoms with Crippen LogP contribution in [-0.4, -0.2) is 11.1 Å². The quantitative estimate of drug-likeness (QED) is 0.495. The molecule has 0 aliphatic rings. The minimum Gasteiger partial charge on any atom is -0.481 e. The van der Waals surface area contributed by atoms with Crippen molar-refractivity contribution in [2.24, 2.45) is 0 Å². The topological polar surface area (TPSA) is 37.3 Å². The summed E-state index contributed by atoms with van der Waals surface area (Å²) in [7, 11) is 0. The van der Waals surface area contributed by atoms with Gasteiger partial charge in [-0.15, -0.1) is 0 Å². The second-order valence-corrected chi connectivity index (χ2v) is 0.747. The summed E-state index contributed by atoms with van der Waals surface area (Å²) in [5.41, 5.74) is 0. The molecule has 0 saturated heterocycles. The monoisotopic (exact) mass is 78.0 g/mol. The van der Waals surface area contributed by atoms with E-state index in [-0.39, 0.29) is 12.6 Å². The van der Waals surface area contributed by atoms with Crippen molar-refractivity contribution in [2.45, 2.75) is 13.3 Å². The van der Waals surface area contributed by atoms with Gasteiger partial charge in [-0.3, -0.25) is 4.79 Å². The Hall–Kier alpha value is -0.621. The van der Waals surface area contributed by atoms with Crippen LogP contribution in [0, 0.1) is 6.15 Å². The third-order valence-corrected chi connectivity index (χ3v) is 0.302. The van der Waals surface area contributed by atoms with Crippen molar-refractivity contribution in [1.82, 2.24) is 0 Å². The summed E-state index contributed by atoms with van der Waals surface area (Å²) in [6, 6.07) is 0. The van der Waals surface area contributed by atoms with Crippen molar-refractivity contribution < 1.29 is 16.1 Å². The number of carboxylic acids is 1. The SMILES string of the molecule is CCC(=O)O.[He]. The fraction of sp³-hybridized carbons (Fsp3) is 0.667. The molecule has 0 aromatic rings. The molecular formula is C3H6HeO2. The summed E-state index contributed by atoms with van der Waals surface area (Å²) in [6.45, 7) is 1.60. The second kappa shape index (κ2) is 4.38. The number of aliphatic carboxylic acids is 1. The molecule has 0 amide bonds. The molecule has 0 unspecified atom stereocenters. The molecule has 1 N–H and O–H groups in total. The number of carboxylic acid groups (broad SMARTS) is 1. The molecule has 0 spiro atoms. The zero-order chi connectivity index (χ0) is 4.28. The minimum atomic E-state index is -0.745. The van der Waals surface area contributed by atoms with Crippen molar-refractivity contribution >= 4 is 5.97 Å². The van der Waals surface area contributed by atoms with E-state index in [2.05, 4.69) is 0 Å². The van der Waals surface area contributed by atoms with Crippen molar-refractivity contribution in [1.29, 1.82) is 0 Å². The van der Waals surface area contributed by atoms with Gasteiger partial charge in [0.15, 0.2) is 0 Å². The maximum atomic E-state index is 9.37. The molecule has 0 radical (unpaired) electrons. The van der Waals surface area contributed by atoms with Crippen LogP contribution in [0.4, 0.5) is 0 Å². The summed E-state index contributed by atoms with van der Waals surface area (Å²) in [5.74, 6) is -0.745. The molecular weight excluding hydrogens is 72.0 g/mol. The van der Waals surface area contributed by atoms with Crippen LogP contribution in [0.25, 0.3) is 0 Å². The van der Waals surface area contributed by atoms with Gasteiger partial charge in [-0.25, -0.2) is 0 Å². The molecule has 0 saturated carbocycles. The van der Waals surface area contributed by atoms with E-state index >= 15 is 0 Å². The van der Waals surface area contributed by atoms with Crippen LogP contribution in [0.1, 0.15) is 13.3 Å². The number of rotatable bonds is 1. The summed E-state index contributed by atoms with van der Waals surface area (Å²) in [4.78, 5) is 9.37. The molecule has 0 aromatic heterocycles. The van der Waals surface area contributed by atoms with E-state index in [1.807, 2.05) is 0 Å². The van der Waals surface area contributed by atoms with E-state index in [4.69, 9.17) is 5.11 Å². The first-order valence-corrected chi connectivity index (χ1v) is 1.49. The van der Waals surface area contributed by atoms with Gasteiger partial charge in [-0.1, -0.05) is 6.92 Å². The number of carbonyl (C=O) groups is 1. The molecule has 0 fully saturated rings. The maximum absolute atomic E-state index is 9.37. The predicted octanol–water partition coefficient (Wildman–Crippen LogP) is 0.481. The van der Waals surface area contributed by atoms with Gasteiger partial charge in [-0.05, 0) is 0 Å². The van der Waals surface area contributed by atoms with Gasteiger partial charge >= 0.3 is 5.97 Å². The van der Waals surface area contributed by atoms with E-state index in [1.165, 1.54) is 0 Å². The van der Waals surface area contributed by atoms with Crippen molar-refractivity contribution in [2.75, 3.05) is 0 Å². The molecule has 0 aromatic carbocycles. The fourth-order valence-corrected chi connectivity index (χ4v) is 0. The predicted molar refractivity (Wildman–Crippen MR) is 17.9 cm³/mol. The van der Waals surface area contributed by atoms with E-state index in [0.717, 1.165) is 0 Å². The minimum absolute atomic E-state index is 0. The first-order valence-electron chi connectivity index (χ1n) is 1.49. The Morgan fingerprint density at radius 2 is 2.00 bits per heavy atom. The Bertz CT molecular complexity index is 44.1. The molecule has 0 rings (SSSR count). The van der Waals surface area contributed by atoms with E-state index in [0.29, 0.717) is 0 Å². The van der Waals surface area contributed by atoms with Crippen molar-refractivity contribution in [3.8, 4) is 0 Å². The summed E-state index contributed by atoms with van der Waals surface area (Å²) < 4.78 is 0. The van der Waals surface area contributed by atoms with Crippen LogP contribution in [0.3, 0.4) is 0 Å². The van der Waals surface area contributed by atoms with Crippen LogP contribution >= 0.6 is 0 Å². The Balaban J connectivity index is 0. The summed E-state index contributed by atoms with van der Waals surface area (Å²) in [5, 5.41) is 7.72. The molecule has 32 valence electrons. The average Bonchev–Trinajstić information content (AvgIpc) is 1.38. The van der Waals surface area contributed by atoms with Gasteiger partial charge < -0.3 is 5.11 Å². The second-order valence-electron chi connectivity index (χ2n) is 0.747. The van der Waals surface area contributed by atoms with Crippen LogP contribution in [-0.2, 0) is 4.79 Å².